The smallest absolute Gasteiger partial charge is 0.321 e. The van der Waals surface area contributed by atoms with Crippen molar-refractivity contribution in [3.8, 4) is 0 Å². The number of ether oxygens (including phenoxy) is 1. The lowest BCUT2D eigenvalue weighted by molar-refractivity contribution is -0.146. The summed E-state index contributed by atoms with van der Waals surface area (Å²) in [5.74, 6) is -1.77. The SMILES string of the molecule is O=C(COC(=O)[C@@H]1CN(C(=O)c2ccc(F)cc2)CCS1)Nc1ccc(F)cc1. The van der Waals surface area contributed by atoms with E-state index < -0.39 is 35.4 Å². The summed E-state index contributed by atoms with van der Waals surface area (Å²) in [6.45, 7) is 0.105. The summed E-state index contributed by atoms with van der Waals surface area (Å²) in [6.07, 6.45) is 0. The van der Waals surface area contributed by atoms with E-state index in [4.69, 9.17) is 4.74 Å². The number of amides is 2. The maximum Gasteiger partial charge on any atom is 0.321 e. The number of hydrogen-bond acceptors (Lipinski definition) is 5. The van der Waals surface area contributed by atoms with E-state index in [9.17, 15) is 23.2 Å². The quantitative estimate of drug-likeness (QED) is 0.753. The Balaban J connectivity index is 1.50. The Morgan fingerprint density at radius 2 is 1.66 bits per heavy atom. The van der Waals surface area contributed by atoms with Gasteiger partial charge in [-0.3, -0.25) is 14.4 Å². The van der Waals surface area contributed by atoms with E-state index >= 15 is 0 Å². The van der Waals surface area contributed by atoms with Gasteiger partial charge in [-0.2, -0.15) is 0 Å². The summed E-state index contributed by atoms with van der Waals surface area (Å²) in [4.78, 5) is 38.2. The largest absolute Gasteiger partial charge is 0.455 e. The van der Waals surface area contributed by atoms with Crippen LogP contribution in [-0.4, -0.2) is 53.4 Å². The average Bonchev–Trinajstić information content (AvgIpc) is 2.74. The van der Waals surface area contributed by atoms with Crippen molar-refractivity contribution in [1.29, 1.82) is 0 Å². The predicted molar refractivity (Wildman–Crippen MR) is 105 cm³/mol. The van der Waals surface area contributed by atoms with Gasteiger partial charge in [0, 0.05) is 30.1 Å². The lowest BCUT2D eigenvalue weighted by Crippen LogP contribution is -2.45. The second-order valence-electron chi connectivity index (χ2n) is 6.28. The van der Waals surface area contributed by atoms with Crippen molar-refractivity contribution < 1.29 is 27.9 Å². The van der Waals surface area contributed by atoms with Crippen LogP contribution in [0.3, 0.4) is 0 Å². The highest BCUT2D eigenvalue weighted by atomic mass is 32.2. The molecule has 1 saturated heterocycles. The van der Waals surface area contributed by atoms with Gasteiger partial charge in [-0.1, -0.05) is 0 Å². The number of anilines is 1. The molecule has 1 aliphatic rings. The topological polar surface area (TPSA) is 75.7 Å². The first-order chi connectivity index (χ1) is 13.9. The first kappa shape index (κ1) is 20.8. The fraction of sp³-hybridized carbons (Fsp3) is 0.250. The molecule has 0 saturated carbocycles. The summed E-state index contributed by atoms with van der Waals surface area (Å²) in [5, 5.41) is 1.88. The zero-order chi connectivity index (χ0) is 20.8. The van der Waals surface area contributed by atoms with Crippen LogP contribution in [0.25, 0.3) is 0 Å². The molecule has 0 spiro atoms. The van der Waals surface area contributed by atoms with Crippen molar-refractivity contribution in [2.45, 2.75) is 5.25 Å². The molecule has 0 aromatic heterocycles. The minimum absolute atomic E-state index is 0.138. The molecule has 29 heavy (non-hydrogen) atoms. The minimum atomic E-state index is -0.619. The number of esters is 1. The second kappa shape index (κ2) is 9.51. The van der Waals surface area contributed by atoms with E-state index in [1.165, 1.54) is 65.2 Å². The Kier molecular flexibility index (Phi) is 6.82. The molecule has 9 heteroatoms. The van der Waals surface area contributed by atoms with Crippen LogP contribution >= 0.6 is 11.8 Å². The highest BCUT2D eigenvalue weighted by Gasteiger charge is 2.31. The standard InChI is InChI=1S/C20H18F2N2O4S/c21-14-3-1-13(2-4-14)19(26)24-9-10-29-17(11-24)20(27)28-12-18(25)23-16-7-5-15(22)6-8-16/h1-8,17H,9-12H2,(H,23,25)/t17-/m0/s1. The monoisotopic (exact) mass is 420 g/mol. The molecule has 2 aromatic carbocycles. The number of carbonyl (C=O) groups is 3. The maximum atomic E-state index is 13.0. The third kappa shape index (κ3) is 5.77. The van der Waals surface area contributed by atoms with Crippen LogP contribution in [0.15, 0.2) is 48.5 Å². The normalized spacial score (nSPS) is 16.2. The van der Waals surface area contributed by atoms with Gasteiger partial charge in [-0.05, 0) is 48.5 Å². The molecular weight excluding hydrogens is 402 g/mol. The van der Waals surface area contributed by atoms with Crippen LogP contribution in [0, 0.1) is 11.6 Å². The highest BCUT2D eigenvalue weighted by Crippen LogP contribution is 2.21. The first-order valence-corrected chi connectivity index (χ1v) is 9.86. The molecule has 3 rings (SSSR count). The Hall–Kier alpha value is -2.94. The van der Waals surface area contributed by atoms with Crippen molar-refractivity contribution >= 4 is 35.2 Å². The van der Waals surface area contributed by atoms with E-state index in [-0.39, 0.29) is 12.5 Å². The van der Waals surface area contributed by atoms with Crippen molar-refractivity contribution in [2.75, 3.05) is 30.8 Å². The van der Waals surface area contributed by atoms with Gasteiger partial charge in [0.15, 0.2) is 6.61 Å². The van der Waals surface area contributed by atoms with E-state index in [0.717, 1.165) is 0 Å². The van der Waals surface area contributed by atoms with E-state index in [0.29, 0.717) is 23.5 Å². The zero-order valence-electron chi connectivity index (χ0n) is 15.3. The second-order valence-corrected chi connectivity index (χ2v) is 7.59. The first-order valence-electron chi connectivity index (χ1n) is 8.81. The molecule has 0 radical (unpaired) electrons. The van der Waals surface area contributed by atoms with E-state index in [1.54, 1.807) is 0 Å². The van der Waals surface area contributed by atoms with Gasteiger partial charge >= 0.3 is 5.97 Å². The average molecular weight is 420 g/mol. The van der Waals surface area contributed by atoms with Gasteiger partial charge in [0.25, 0.3) is 11.8 Å². The molecule has 2 aromatic rings. The summed E-state index contributed by atoms with van der Waals surface area (Å²) >= 11 is 1.35. The molecule has 0 bridgehead atoms. The lowest BCUT2D eigenvalue weighted by Gasteiger charge is -2.31. The number of benzene rings is 2. The number of thioether (sulfide) groups is 1. The maximum absolute atomic E-state index is 13.0. The van der Waals surface area contributed by atoms with Gasteiger partial charge in [0.1, 0.15) is 16.9 Å². The number of halogens is 2. The molecule has 1 heterocycles. The molecule has 1 atom stereocenters. The van der Waals surface area contributed by atoms with Crippen molar-refractivity contribution in [3.63, 3.8) is 0 Å². The summed E-state index contributed by atoms with van der Waals surface area (Å²) in [5.41, 5.74) is 0.722. The van der Waals surface area contributed by atoms with Crippen molar-refractivity contribution in [3.05, 3.63) is 65.7 Å². The summed E-state index contributed by atoms with van der Waals surface area (Å²) in [6, 6.07) is 10.4. The minimum Gasteiger partial charge on any atom is -0.455 e. The summed E-state index contributed by atoms with van der Waals surface area (Å²) < 4.78 is 31.0. The van der Waals surface area contributed by atoms with Crippen LogP contribution in [0.1, 0.15) is 10.4 Å². The number of carbonyl (C=O) groups excluding carboxylic acids is 3. The van der Waals surface area contributed by atoms with Crippen molar-refractivity contribution in [1.82, 2.24) is 4.90 Å². The van der Waals surface area contributed by atoms with Crippen molar-refractivity contribution in [2.24, 2.45) is 0 Å². The van der Waals surface area contributed by atoms with Gasteiger partial charge in [0.05, 0.1) is 0 Å². The van der Waals surface area contributed by atoms with Crippen LogP contribution in [0.5, 0.6) is 0 Å². The van der Waals surface area contributed by atoms with Crippen LogP contribution in [0.2, 0.25) is 0 Å². The van der Waals surface area contributed by atoms with Crippen LogP contribution < -0.4 is 5.32 Å². The van der Waals surface area contributed by atoms with Gasteiger partial charge < -0.3 is 15.0 Å². The number of nitrogens with one attached hydrogen (secondary N) is 1. The van der Waals surface area contributed by atoms with Gasteiger partial charge in [-0.25, -0.2) is 8.78 Å². The third-order valence-electron chi connectivity index (χ3n) is 4.18. The molecular formula is C20H18F2N2O4S. The fourth-order valence-corrected chi connectivity index (χ4v) is 3.81. The molecule has 1 fully saturated rings. The van der Waals surface area contributed by atoms with Gasteiger partial charge in [-0.15, -0.1) is 11.8 Å². The third-order valence-corrected chi connectivity index (χ3v) is 5.34. The molecule has 0 unspecified atom stereocenters. The Labute approximate surface area is 170 Å². The fourth-order valence-electron chi connectivity index (χ4n) is 2.71. The van der Waals surface area contributed by atoms with E-state index in [2.05, 4.69) is 5.32 Å². The van der Waals surface area contributed by atoms with E-state index in [1.807, 2.05) is 0 Å². The molecule has 6 nitrogen and oxygen atoms in total. The van der Waals surface area contributed by atoms with Gasteiger partial charge in [0.2, 0.25) is 0 Å². The van der Waals surface area contributed by atoms with Crippen LogP contribution in [-0.2, 0) is 14.3 Å². The number of hydrogen-bond donors (Lipinski definition) is 1. The number of nitrogens with zero attached hydrogens (tertiary/aromatic N) is 1. The number of rotatable bonds is 5. The lowest BCUT2D eigenvalue weighted by atomic mass is 10.2. The molecule has 1 N–H and O–H groups in total. The molecule has 2 amide bonds. The zero-order valence-corrected chi connectivity index (χ0v) is 16.1. The Morgan fingerprint density at radius 3 is 2.31 bits per heavy atom. The highest BCUT2D eigenvalue weighted by molar-refractivity contribution is 8.00. The predicted octanol–water partition coefficient (Wildman–Crippen LogP) is 2.70. The molecule has 1 aliphatic heterocycles. The Bertz CT molecular complexity index is 890. The summed E-state index contributed by atoms with van der Waals surface area (Å²) in [7, 11) is 0. The molecule has 0 aliphatic carbocycles. The Morgan fingerprint density at radius 1 is 1.03 bits per heavy atom. The molecule has 152 valence electrons. The van der Waals surface area contributed by atoms with Crippen LogP contribution in [0.4, 0.5) is 14.5 Å².